The van der Waals surface area contributed by atoms with Gasteiger partial charge in [0.1, 0.15) is 11.6 Å². The Labute approximate surface area is 168 Å². The number of morpholine rings is 1. The molecule has 2 N–H and O–H groups in total. The van der Waals surface area contributed by atoms with Crippen LogP contribution in [-0.4, -0.2) is 59.8 Å². The van der Waals surface area contributed by atoms with Crippen LogP contribution in [-0.2, 0) is 10.9 Å². The van der Waals surface area contributed by atoms with Crippen molar-refractivity contribution in [3.05, 3.63) is 23.9 Å². The van der Waals surface area contributed by atoms with Crippen molar-refractivity contribution >= 4 is 17.6 Å². The van der Waals surface area contributed by atoms with E-state index in [1.165, 1.54) is 11.0 Å². The highest BCUT2D eigenvalue weighted by Crippen LogP contribution is 2.39. The van der Waals surface area contributed by atoms with Crippen molar-refractivity contribution in [3.63, 3.8) is 0 Å². The van der Waals surface area contributed by atoms with Crippen molar-refractivity contribution in [1.82, 2.24) is 15.0 Å². The number of ether oxygens (including phenoxy) is 1. The van der Waals surface area contributed by atoms with E-state index in [0.717, 1.165) is 12.3 Å². The van der Waals surface area contributed by atoms with Crippen molar-refractivity contribution < 1.29 is 26.7 Å². The Morgan fingerprint density at radius 1 is 1.20 bits per heavy atom. The number of nitrogens with two attached hydrogens (primary N) is 1. The number of hydrogen-bond acceptors (Lipinski definition) is 7. The largest absolute Gasteiger partial charge is 0.417 e. The monoisotopic (exact) mass is 430 g/mol. The van der Waals surface area contributed by atoms with Gasteiger partial charge in [-0.2, -0.15) is 18.2 Å². The Bertz CT molecular complexity index is 945. The van der Waals surface area contributed by atoms with Crippen molar-refractivity contribution in [3.8, 4) is 11.3 Å². The molecular formula is C18H19F5N6O. The molecule has 0 amide bonds. The molecule has 2 aliphatic heterocycles. The van der Waals surface area contributed by atoms with Crippen molar-refractivity contribution in [1.29, 1.82) is 0 Å². The van der Waals surface area contributed by atoms with E-state index in [1.807, 2.05) is 6.92 Å². The topological polar surface area (TPSA) is 80.4 Å². The van der Waals surface area contributed by atoms with Crippen LogP contribution in [0.15, 0.2) is 18.3 Å². The molecule has 7 nitrogen and oxygen atoms in total. The van der Waals surface area contributed by atoms with Gasteiger partial charge in [-0.05, 0) is 13.0 Å². The first-order valence-electron chi connectivity index (χ1n) is 9.23. The summed E-state index contributed by atoms with van der Waals surface area (Å²) >= 11 is 0. The van der Waals surface area contributed by atoms with E-state index in [4.69, 9.17) is 10.5 Å². The lowest BCUT2D eigenvalue weighted by Gasteiger charge is -2.40. The molecule has 4 rings (SSSR count). The third kappa shape index (κ3) is 3.95. The maximum Gasteiger partial charge on any atom is 0.417 e. The third-order valence-electron chi connectivity index (χ3n) is 5.00. The molecule has 30 heavy (non-hydrogen) atoms. The Hall–Kier alpha value is -2.76. The summed E-state index contributed by atoms with van der Waals surface area (Å²) in [5, 5.41) is 0. The molecule has 2 saturated heterocycles. The van der Waals surface area contributed by atoms with E-state index in [2.05, 4.69) is 15.0 Å². The van der Waals surface area contributed by atoms with E-state index in [1.54, 1.807) is 4.90 Å². The first-order valence-corrected chi connectivity index (χ1v) is 9.23. The lowest BCUT2D eigenvalue weighted by molar-refractivity contribution is -0.137. The summed E-state index contributed by atoms with van der Waals surface area (Å²) in [5.41, 5.74) is 4.08. The van der Waals surface area contributed by atoms with Gasteiger partial charge >= 0.3 is 6.18 Å². The van der Waals surface area contributed by atoms with Crippen LogP contribution >= 0.6 is 0 Å². The second-order valence-electron chi connectivity index (χ2n) is 7.39. The molecule has 162 valence electrons. The normalized spacial score (nSPS) is 21.5. The SMILES string of the molecule is C[C@H]1COCCN1c1nc(-c2cnc(N)cc2C(F)(F)F)cc(N2CC(F)(F)C2)n1. The Morgan fingerprint density at radius 3 is 2.57 bits per heavy atom. The van der Waals surface area contributed by atoms with E-state index in [9.17, 15) is 22.0 Å². The number of halogens is 5. The highest BCUT2D eigenvalue weighted by atomic mass is 19.4. The highest BCUT2D eigenvalue weighted by molar-refractivity contribution is 5.70. The number of hydrogen-bond donors (Lipinski definition) is 1. The maximum atomic E-state index is 13.6. The minimum Gasteiger partial charge on any atom is -0.384 e. The zero-order valence-electron chi connectivity index (χ0n) is 16.0. The van der Waals surface area contributed by atoms with Gasteiger partial charge in [0, 0.05) is 24.4 Å². The summed E-state index contributed by atoms with van der Waals surface area (Å²) in [7, 11) is 0. The minimum absolute atomic E-state index is 0.0660. The molecule has 2 aliphatic rings. The quantitative estimate of drug-likeness (QED) is 0.750. The molecule has 2 aromatic rings. The molecule has 0 radical (unpaired) electrons. The van der Waals surface area contributed by atoms with Crippen molar-refractivity contribution in [2.75, 3.05) is 48.4 Å². The van der Waals surface area contributed by atoms with Gasteiger partial charge in [-0.25, -0.2) is 18.7 Å². The Balaban J connectivity index is 1.83. The first-order chi connectivity index (χ1) is 14.0. The summed E-state index contributed by atoms with van der Waals surface area (Å²) in [6.45, 7) is 1.94. The van der Waals surface area contributed by atoms with Crippen LogP contribution < -0.4 is 15.5 Å². The molecule has 2 fully saturated rings. The summed E-state index contributed by atoms with van der Waals surface area (Å²) in [4.78, 5) is 15.5. The lowest BCUT2D eigenvalue weighted by atomic mass is 10.1. The molecule has 0 spiro atoms. The summed E-state index contributed by atoms with van der Waals surface area (Å²) in [5.74, 6) is -2.87. The van der Waals surface area contributed by atoms with Crippen LogP contribution in [0.5, 0.6) is 0 Å². The predicted molar refractivity (Wildman–Crippen MR) is 99.5 cm³/mol. The number of nitrogens with zero attached hydrogens (tertiary/aromatic N) is 5. The summed E-state index contributed by atoms with van der Waals surface area (Å²) < 4.78 is 73.0. The highest BCUT2D eigenvalue weighted by Gasteiger charge is 2.45. The maximum absolute atomic E-state index is 13.6. The van der Waals surface area contributed by atoms with E-state index in [0.29, 0.717) is 19.8 Å². The average Bonchev–Trinajstić information content (AvgIpc) is 2.65. The van der Waals surface area contributed by atoms with Crippen LogP contribution in [0.1, 0.15) is 12.5 Å². The molecule has 0 bridgehead atoms. The summed E-state index contributed by atoms with van der Waals surface area (Å²) in [6.07, 6.45) is -3.71. The van der Waals surface area contributed by atoms with Gasteiger partial charge < -0.3 is 20.3 Å². The second kappa shape index (κ2) is 7.18. The molecule has 0 aromatic carbocycles. The number of rotatable bonds is 3. The second-order valence-corrected chi connectivity index (χ2v) is 7.39. The van der Waals surface area contributed by atoms with Crippen molar-refractivity contribution in [2.24, 2.45) is 0 Å². The number of nitrogen functional groups attached to an aromatic ring is 1. The molecule has 12 heteroatoms. The third-order valence-corrected chi connectivity index (χ3v) is 5.00. The van der Waals surface area contributed by atoms with Gasteiger partial charge in [-0.1, -0.05) is 0 Å². The molecule has 2 aromatic heterocycles. The number of pyridine rings is 1. The average molecular weight is 430 g/mol. The van der Waals surface area contributed by atoms with Crippen LogP contribution in [0, 0.1) is 0 Å². The van der Waals surface area contributed by atoms with Crippen LogP contribution in [0.2, 0.25) is 0 Å². The fraction of sp³-hybridized carbons (Fsp3) is 0.500. The zero-order valence-corrected chi connectivity index (χ0v) is 16.0. The van der Waals surface area contributed by atoms with Crippen molar-refractivity contribution in [2.45, 2.75) is 25.1 Å². The van der Waals surface area contributed by atoms with Gasteiger partial charge in [-0.3, -0.25) is 0 Å². The van der Waals surface area contributed by atoms with Gasteiger partial charge in [0.2, 0.25) is 5.95 Å². The number of anilines is 3. The molecule has 4 heterocycles. The summed E-state index contributed by atoms with van der Waals surface area (Å²) in [6, 6.07) is 1.87. The molecule has 1 atom stereocenters. The van der Waals surface area contributed by atoms with Crippen LogP contribution in [0.4, 0.5) is 39.5 Å². The lowest BCUT2D eigenvalue weighted by Crippen LogP contribution is -2.56. The van der Waals surface area contributed by atoms with Gasteiger partial charge in [0.05, 0.1) is 43.6 Å². The fourth-order valence-corrected chi connectivity index (χ4v) is 3.46. The van der Waals surface area contributed by atoms with Gasteiger partial charge in [-0.15, -0.1) is 0 Å². The van der Waals surface area contributed by atoms with Crippen LogP contribution in [0.25, 0.3) is 11.3 Å². The zero-order chi connectivity index (χ0) is 21.7. The molecule has 0 saturated carbocycles. The predicted octanol–water partition coefficient (Wildman–Crippen LogP) is 2.82. The van der Waals surface area contributed by atoms with E-state index < -0.39 is 30.8 Å². The molecule has 0 aliphatic carbocycles. The first kappa shape index (κ1) is 20.5. The standard InChI is InChI=1S/C18H19F5N6O/c1-10-7-30-3-2-29(10)16-26-13(5-15(27-16)28-8-17(19,20)9-28)11-6-25-14(24)4-12(11)18(21,22)23/h4-6,10H,2-3,7-9H2,1H3,(H2,24,25)/t10-/m0/s1. The van der Waals surface area contributed by atoms with E-state index in [-0.39, 0.29) is 34.9 Å². The molecule has 0 unspecified atom stereocenters. The smallest absolute Gasteiger partial charge is 0.384 e. The van der Waals surface area contributed by atoms with E-state index >= 15 is 0 Å². The Kier molecular flexibility index (Phi) is 4.91. The molecular weight excluding hydrogens is 411 g/mol. The van der Waals surface area contributed by atoms with Gasteiger partial charge in [0.15, 0.2) is 0 Å². The Morgan fingerprint density at radius 2 is 1.93 bits per heavy atom. The fourth-order valence-electron chi connectivity index (χ4n) is 3.46. The minimum atomic E-state index is -4.70. The number of alkyl halides is 5. The van der Waals surface area contributed by atoms with Gasteiger partial charge in [0.25, 0.3) is 5.92 Å². The number of aromatic nitrogens is 3. The van der Waals surface area contributed by atoms with Crippen LogP contribution in [0.3, 0.4) is 0 Å².